The van der Waals surface area contributed by atoms with Crippen molar-refractivity contribution in [3.05, 3.63) is 57.9 Å². The zero-order valence-corrected chi connectivity index (χ0v) is 18.6. The van der Waals surface area contributed by atoms with Gasteiger partial charge < -0.3 is 15.2 Å². The number of aromatic nitrogens is 4. The number of ether oxygens (including phenoxy) is 1. The summed E-state index contributed by atoms with van der Waals surface area (Å²) in [5, 5.41) is 21.5. The molecule has 3 aromatic rings. The Hall–Kier alpha value is -4.33. The Balaban J connectivity index is 1.84. The van der Waals surface area contributed by atoms with E-state index in [9.17, 15) is 9.90 Å². The quantitative estimate of drug-likeness (QED) is 0.266. The second-order valence-corrected chi connectivity index (χ2v) is 6.98. The van der Waals surface area contributed by atoms with Crippen LogP contribution < -0.4 is 15.6 Å². The summed E-state index contributed by atoms with van der Waals surface area (Å²) in [5.74, 6) is 0.479. The highest BCUT2D eigenvalue weighted by Crippen LogP contribution is 2.34. The van der Waals surface area contributed by atoms with E-state index in [1.165, 1.54) is 6.33 Å². The van der Waals surface area contributed by atoms with Crippen molar-refractivity contribution in [1.29, 1.82) is 0 Å². The van der Waals surface area contributed by atoms with Crippen LogP contribution in [0.25, 0.3) is 4.85 Å². The number of nitrogens with one attached hydrogen (secondary N) is 1. The summed E-state index contributed by atoms with van der Waals surface area (Å²) in [7, 11) is 0. The molecule has 3 rings (SSSR count). The zero-order valence-electron chi connectivity index (χ0n) is 18.6. The van der Waals surface area contributed by atoms with Crippen LogP contribution in [0.5, 0.6) is 17.6 Å². The number of unbranched alkanes of at least 4 members (excludes halogenated alkanes) is 1. The van der Waals surface area contributed by atoms with E-state index >= 15 is 0 Å². The van der Waals surface area contributed by atoms with Crippen molar-refractivity contribution in [2.45, 2.75) is 40.2 Å². The van der Waals surface area contributed by atoms with E-state index in [2.05, 4.69) is 42.3 Å². The summed E-state index contributed by atoms with van der Waals surface area (Å²) in [5.41, 5.74) is 0.126. The van der Waals surface area contributed by atoms with Gasteiger partial charge in [0.1, 0.15) is 17.8 Å². The Labute approximate surface area is 190 Å². The van der Waals surface area contributed by atoms with Gasteiger partial charge in [-0.2, -0.15) is 15.1 Å². The Morgan fingerprint density at radius 2 is 2.09 bits per heavy atom. The Morgan fingerprint density at radius 1 is 1.27 bits per heavy atom. The molecule has 33 heavy (non-hydrogen) atoms. The number of azo groups is 1. The summed E-state index contributed by atoms with van der Waals surface area (Å²) < 4.78 is 6.80. The fourth-order valence-electron chi connectivity index (χ4n) is 2.95. The van der Waals surface area contributed by atoms with Gasteiger partial charge in [-0.25, -0.2) is 9.83 Å². The first-order valence-electron chi connectivity index (χ1n) is 10.4. The minimum Gasteiger partial charge on any atom is -0.503 e. The van der Waals surface area contributed by atoms with Crippen molar-refractivity contribution in [1.82, 2.24) is 19.5 Å². The standard InChI is InChI=1S/C22H24N8O3/c1-5-7-11-24-21-25-13-26-22(27-21)33-16-10-8-9-15(12-16)28-29-18-14(3)17(23-4)19(31)30(6-2)20(18)32/h8-10,12-13,31H,5-7,11H2,1-3H3,(H,24,25,26,27). The first-order valence-corrected chi connectivity index (χ1v) is 10.4. The predicted octanol–water partition coefficient (Wildman–Crippen LogP) is 5.04. The largest absolute Gasteiger partial charge is 0.503 e. The number of pyridine rings is 1. The fourth-order valence-corrected chi connectivity index (χ4v) is 2.95. The molecule has 0 fully saturated rings. The van der Waals surface area contributed by atoms with Crippen LogP contribution in [0.3, 0.4) is 0 Å². The van der Waals surface area contributed by atoms with Crippen molar-refractivity contribution in [3.8, 4) is 17.6 Å². The van der Waals surface area contributed by atoms with Crippen molar-refractivity contribution in [3.63, 3.8) is 0 Å². The van der Waals surface area contributed by atoms with E-state index < -0.39 is 5.56 Å². The molecular formula is C22H24N8O3. The summed E-state index contributed by atoms with van der Waals surface area (Å²) in [6, 6.07) is 6.84. The Kier molecular flexibility index (Phi) is 7.64. The van der Waals surface area contributed by atoms with E-state index in [1.54, 1.807) is 38.1 Å². The van der Waals surface area contributed by atoms with Crippen LogP contribution >= 0.6 is 0 Å². The second-order valence-electron chi connectivity index (χ2n) is 6.98. The third-order valence-corrected chi connectivity index (χ3v) is 4.71. The molecule has 2 heterocycles. The number of nitrogens with zero attached hydrogens (tertiary/aromatic N) is 7. The molecule has 11 heteroatoms. The van der Waals surface area contributed by atoms with Gasteiger partial charge in [-0.15, -0.1) is 5.11 Å². The van der Waals surface area contributed by atoms with Crippen molar-refractivity contribution in [2.24, 2.45) is 10.2 Å². The molecule has 0 unspecified atom stereocenters. The highest BCUT2D eigenvalue weighted by atomic mass is 16.5. The third-order valence-electron chi connectivity index (χ3n) is 4.71. The van der Waals surface area contributed by atoms with E-state index in [0.29, 0.717) is 17.4 Å². The number of hydrogen-bond donors (Lipinski definition) is 2. The molecule has 2 aromatic heterocycles. The molecular weight excluding hydrogens is 424 g/mol. The van der Waals surface area contributed by atoms with Gasteiger partial charge >= 0.3 is 6.01 Å². The maximum Gasteiger partial charge on any atom is 0.326 e. The van der Waals surface area contributed by atoms with Crippen molar-refractivity contribution >= 4 is 23.0 Å². The molecule has 2 N–H and O–H groups in total. The van der Waals surface area contributed by atoms with Crippen LogP contribution in [0, 0.1) is 13.5 Å². The lowest BCUT2D eigenvalue weighted by Crippen LogP contribution is -2.19. The third kappa shape index (κ3) is 5.48. The topological polar surface area (TPSA) is 131 Å². The lowest BCUT2D eigenvalue weighted by Gasteiger charge is -2.11. The van der Waals surface area contributed by atoms with Gasteiger partial charge in [0.05, 0.1) is 12.3 Å². The number of anilines is 1. The van der Waals surface area contributed by atoms with Gasteiger partial charge in [0, 0.05) is 19.2 Å². The number of hydrogen-bond acceptors (Lipinski definition) is 9. The second kappa shape index (κ2) is 10.8. The van der Waals surface area contributed by atoms with E-state index in [1.807, 2.05) is 0 Å². The summed E-state index contributed by atoms with van der Waals surface area (Å²) in [6.07, 6.45) is 3.41. The van der Waals surface area contributed by atoms with E-state index in [0.717, 1.165) is 24.0 Å². The summed E-state index contributed by atoms with van der Waals surface area (Å²) >= 11 is 0. The van der Waals surface area contributed by atoms with Gasteiger partial charge in [0.25, 0.3) is 5.56 Å². The highest BCUT2D eigenvalue weighted by molar-refractivity contribution is 5.67. The zero-order chi connectivity index (χ0) is 23.8. The average Bonchev–Trinajstić information content (AvgIpc) is 2.80. The molecule has 0 spiro atoms. The molecule has 170 valence electrons. The minimum absolute atomic E-state index is 0.00719. The average molecular weight is 448 g/mol. The first kappa shape index (κ1) is 23.3. The first-order chi connectivity index (χ1) is 16.0. The molecule has 0 saturated heterocycles. The van der Waals surface area contributed by atoms with Crippen LogP contribution in [-0.2, 0) is 6.54 Å². The van der Waals surface area contributed by atoms with E-state index in [4.69, 9.17) is 11.3 Å². The molecule has 0 aliphatic carbocycles. The smallest absolute Gasteiger partial charge is 0.326 e. The number of benzene rings is 1. The maximum atomic E-state index is 12.7. The van der Waals surface area contributed by atoms with Crippen LogP contribution in [0.1, 0.15) is 32.3 Å². The van der Waals surface area contributed by atoms with Crippen LogP contribution in [0.15, 0.2) is 45.6 Å². The molecule has 1 aromatic carbocycles. The molecule has 0 saturated carbocycles. The Morgan fingerprint density at radius 3 is 2.82 bits per heavy atom. The molecule has 0 bridgehead atoms. The molecule has 0 aliphatic heterocycles. The number of rotatable bonds is 9. The van der Waals surface area contributed by atoms with Crippen molar-refractivity contribution in [2.75, 3.05) is 11.9 Å². The van der Waals surface area contributed by atoms with Gasteiger partial charge in [0.2, 0.25) is 11.6 Å². The van der Waals surface area contributed by atoms with E-state index in [-0.39, 0.29) is 35.4 Å². The predicted molar refractivity (Wildman–Crippen MR) is 123 cm³/mol. The molecule has 0 radical (unpaired) electrons. The molecule has 0 amide bonds. The molecule has 0 atom stereocenters. The highest BCUT2D eigenvalue weighted by Gasteiger charge is 2.18. The SMILES string of the molecule is [C-]#[N+]c1c(C)c(N=Nc2cccc(Oc3ncnc(NCCCC)n3)c2)c(=O)n(CC)c1O. The monoisotopic (exact) mass is 448 g/mol. The minimum atomic E-state index is -0.524. The van der Waals surface area contributed by atoms with Crippen LogP contribution in [0.4, 0.5) is 23.0 Å². The van der Waals surface area contributed by atoms with Gasteiger partial charge in [-0.3, -0.25) is 9.36 Å². The maximum absolute atomic E-state index is 12.7. The molecule has 11 nitrogen and oxygen atoms in total. The van der Waals surface area contributed by atoms with Gasteiger partial charge in [0.15, 0.2) is 5.88 Å². The number of aromatic hydroxyl groups is 1. The van der Waals surface area contributed by atoms with Crippen LogP contribution in [0.2, 0.25) is 0 Å². The normalized spacial score (nSPS) is 10.8. The fraction of sp³-hybridized carbons (Fsp3) is 0.318. The van der Waals surface area contributed by atoms with Gasteiger partial charge in [-0.1, -0.05) is 19.4 Å². The molecule has 0 aliphatic rings. The lowest BCUT2D eigenvalue weighted by atomic mass is 10.2. The van der Waals surface area contributed by atoms with Gasteiger partial charge in [-0.05, 0) is 38.0 Å². The summed E-state index contributed by atoms with van der Waals surface area (Å²) in [6.45, 7) is 13.6. The van der Waals surface area contributed by atoms with Crippen molar-refractivity contribution < 1.29 is 9.84 Å². The lowest BCUT2D eigenvalue weighted by molar-refractivity contribution is 0.415. The summed E-state index contributed by atoms with van der Waals surface area (Å²) in [4.78, 5) is 28.3. The van der Waals surface area contributed by atoms with Crippen LogP contribution in [-0.4, -0.2) is 31.2 Å². The Bertz CT molecular complexity index is 1260.